The summed E-state index contributed by atoms with van der Waals surface area (Å²) in [6, 6.07) is 0.338. The van der Waals surface area contributed by atoms with E-state index in [9.17, 15) is 8.78 Å². The second kappa shape index (κ2) is 6.01. The van der Waals surface area contributed by atoms with Gasteiger partial charge < -0.3 is 0 Å². The summed E-state index contributed by atoms with van der Waals surface area (Å²) in [7, 11) is 0. The largest absolute Gasteiger partial charge is 0.298 e. The fourth-order valence-corrected chi connectivity index (χ4v) is 4.25. The van der Waals surface area contributed by atoms with Crippen LogP contribution in [0.3, 0.4) is 0 Å². The summed E-state index contributed by atoms with van der Waals surface area (Å²) in [5, 5.41) is 0. The zero-order chi connectivity index (χ0) is 16.8. The lowest BCUT2D eigenvalue weighted by Gasteiger charge is -2.49. The summed E-state index contributed by atoms with van der Waals surface area (Å²) in [4.78, 5) is 4.55. The Bertz CT molecular complexity index is 374. The molecule has 130 valence electrons. The van der Waals surface area contributed by atoms with Crippen LogP contribution in [0.25, 0.3) is 0 Å². The Labute approximate surface area is 135 Å². The fraction of sp³-hybridized carbons (Fsp3) is 1.00. The number of piperidine rings is 2. The fourth-order valence-electron chi connectivity index (χ4n) is 4.25. The Kier molecular flexibility index (Phi) is 4.95. The SMILES string of the molecule is CC(C)(C)C1CCN(C2CCN(C(C)(C)C)CC2)CC1(F)F. The number of hydrogen-bond donors (Lipinski definition) is 0. The van der Waals surface area contributed by atoms with Crippen molar-refractivity contribution >= 4 is 0 Å². The lowest BCUT2D eigenvalue weighted by atomic mass is 9.72. The highest BCUT2D eigenvalue weighted by Crippen LogP contribution is 2.44. The van der Waals surface area contributed by atoms with Crippen molar-refractivity contribution in [1.82, 2.24) is 9.80 Å². The maximum absolute atomic E-state index is 14.6. The molecule has 22 heavy (non-hydrogen) atoms. The van der Waals surface area contributed by atoms with Gasteiger partial charge in [0.15, 0.2) is 0 Å². The molecule has 2 rings (SSSR count). The molecule has 1 atom stereocenters. The molecule has 1 unspecified atom stereocenters. The maximum Gasteiger partial charge on any atom is 0.263 e. The highest BCUT2D eigenvalue weighted by molar-refractivity contribution is 4.95. The second-order valence-electron chi connectivity index (χ2n) is 9.33. The second-order valence-corrected chi connectivity index (χ2v) is 9.33. The molecule has 0 aliphatic carbocycles. The predicted octanol–water partition coefficient (Wildman–Crippen LogP) is 4.25. The Morgan fingerprint density at radius 1 is 0.864 bits per heavy atom. The average molecular weight is 316 g/mol. The van der Waals surface area contributed by atoms with E-state index in [0.717, 1.165) is 32.5 Å². The van der Waals surface area contributed by atoms with Crippen LogP contribution in [0, 0.1) is 11.3 Å². The van der Waals surface area contributed by atoms with E-state index in [0.29, 0.717) is 12.5 Å². The first-order chi connectivity index (χ1) is 9.91. The van der Waals surface area contributed by atoms with Gasteiger partial charge in [-0.2, -0.15) is 0 Å². The van der Waals surface area contributed by atoms with Crippen molar-refractivity contribution in [3.05, 3.63) is 0 Å². The summed E-state index contributed by atoms with van der Waals surface area (Å²) in [5.41, 5.74) is -0.126. The van der Waals surface area contributed by atoms with Crippen molar-refractivity contribution < 1.29 is 8.78 Å². The van der Waals surface area contributed by atoms with Crippen molar-refractivity contribution in [2.45, 2.75) is 78.3 Å². The number of halogens is 2. The van der Waals surface area contributed by atoms with Crippen molar-refractivity contribution in [2.75, 3.05) is 26.2 Å². The Balaban J connectivity index is 1.94. The number of alkyl halides is 2. The molecule has 0 spiro atoms. The lowest BCUT2D eigenvalue weighted by Crippen LogP contribution is -2.58. The van der Waals surface area contributed by atoms with Gasteiger partial charge in [0.1, 0.15) is 0 Å². The van der Waals surface area contributed by atoms with E-state index >= 15 is 0 Å². The lowest BCUT2D eigenvalue weighted by molar-refractivity contribution is -0.153. The van der Waals surface area contributed by atoms with Crippen LogP contribution in [0.4, 0.5) is 8.78 Å². The van der Waals surface area contributed by atoms with Gasteiger partial charge in [-0.05, 0) is 52.0 Å². The minimum atomic E-state index is -2.56. The van der Waals surface area contributed by atoms with Gasteiger partial charge in [-0.25, -0.2) is 8.78 Å². The van der Waals surface area contributed by atoms with Crippen LogP contribution in [-0.4, -0.2) is 53.5 Å². The van der Waals surface area contributed by atoms with E-state index in [1.807, 2.05) is 20.8 Å². The molecule has 0 bridgehead atoms. The standard InChI is InChI=1S/C18H34F2N2/c1-16(2,3)15-9-10-21(13-18(15,19)20)14-7-11-22(12-8-14)17(4,5)6/h14-15H,7-13H2,1-6H3. The summed E-state index contributed by atoms with van der Waals surface area (Å²) in [6.07, 6.45) is 2.66. The summed E-state index contributed by atoms with van der Waals surface area (Å²) < 4.78 is 29.2. The minimum absolute atomic E-state index is 0.0465. The van der Waals surface area contributed by atoms with Crippen LogP contribution in [-0.2, 0) is 0 Å². The molecule has 0 aromatic heterocycles. The smallest absolute Gasteiger partial charge is 0.263 e. The molecule has 0 amide bonds. The Morgan fingerprint density at radius 3 is 1.82 bits per heavy atom. The van der Waals surface area contributed by atoms with E-state index in [4.69, 9.17) is 0 Å². The van der Waals surface area contributed by atoms with E-state index in [1.165, 1.54) is 0 Å². The molecule has 2 aliphatic rings. The first kappa shape index (κ1) is 18.1. The van der Waals surface area contributed by atoms with Gasteiger partial charge in [0.2, 0.25) is 0 Å². The molecule has 0 saturated carbocycles. The van der Waals surface area contributed by atoms with Gasteiger partial charge >= 0.3 is 0 Å². The summed E-state index contributed by atoms with van der Waals surface area (Å²) in [5.74, 6) is -3.05. The third-order valence-electron chi connectivity index (χ3n) is 5.60. The van der Waals surface area contributed by atoms with Gasteiger partial charge in [0.25, 0.3) is 5.92 Å². The molecule has 2 nitrogen and oxygen atoms in total. The Hall–Kier alpha value is -0.220. The normalized spacial score (nSPS) is 29.7. The molecule has 0 radical (unpaired) electrons. The summed E-state index contributed by atoms with van der Waals surface area (Å²) in [6.45, 7) is 15.4. The van der Waals surface area contributed by atoms with Gasteiger partial charge in [0, 0.05) is 30.6 Å². The van der Waals surface area contributed by atoms with Crippen LogP contribution in [0.1, 0.15) is 60.8 Å². The molecule has 0 N–H and O–H groups in total. The van der Waals surface area contributed by atoms with Crippen LogP contribution < -0.4 is 0 Å². The highest BCUT2D eigenvalue weighted by atomic mass is 19.3. The molecular weight excluding hydrogens is 282 g/mol. The number of rotatable bonds is 1. The number of hydrogen-bond acceptors (Lipinski definition) is 2. The van der Waals surface area contributed by atoms with E-state index < -0.39 is 11.8 Å². The molecule has 2 fully saturated rings. The minimum Gasteiger partial charge on any atom is -0.298 e. The maximum atomic E-state index is 14.6. The van der Waals surface area contributed by atoms with E-state index in [-0.39, 0.29) is 17.5 Å². The predicted molar refractivity (Wildman–Crippen MR) is 88.4 cm³/mol. The van der Waals surface area contributed by atoms with Crippen molar-refractivity contribution in [2.24, 2.45) is 11.3 Å². The van der Waals surface area contributed by atoms with E-state index in [2.05, 4.69) is 30.6 Å². The Morgan fingerprint density at radius 2 is 1.41 bits per heavy atom. The molecule has 2 heterocycles. The average Bonchev–Trinajstić information content (AvgIpc) is 2.35. The molecule has 2 aliphatic heterocycles. The van der Waals surface area contributed by atoms with Gasteiger partial charge in [-0.1, -0.05) is 20.8 Å². The molecule has 2 saturated heterocycles. The van der Waals surface area contributed by atoms with Gasteiger partial charge in [-0.15, -0.1) is 0 Å². The van der Waals surface area contributed by atoms with Gasteiger partial charge in [-0.3, -0.25) is 9.80 Å². The highest BCUT2D eigenvalue weighted by Gasteiger charge is 2.50. The zero-order valence-corrected chi connectivity index (χ0v) is 15.3. The third-order valence-corrected chi connectivity index (χ3v) is 5.60. The first-order valence-electron chi connectivity index (χ1n) is 8.78. The molecule has 4 heteroatoms. The zero-order valence-electron chi connectivity index (χ0n) is 15.3. The number of nitrogens with zero attached hydrogens (tertiary/aromatic N) is 2. The van der Waals surface area contributed by atoms with E-state index in [1.54, 1.807) is 0 Å². The first-order valence-corrected chi connectivity index (χ1v) is 8.78. The molecule has 0 aromatic rings. The van der Waals surface area contributed by atoms with Crippen molar-refractivity contribution in [3.63, 3.8) is 0 Å². The topological polar surface area (TPSA) is 6.48 Å². The van der Waals surface area contributed by atoms with Crippen molar-refractivity contribution in [1.29, 1.82) is 0 Å². The van der Waals surface area contributed by atoms with Crippen LogP contribution in [0.15, 0.2) is 0 Å². The molecular formula is C18H34F2N2. The summed E-state index contributed by atoms with van der Waals surface area (Å²) >= 11 is 0. The molecule has 0 aromatic carbocycles. The van der Waals surface area contributed by atoms with Crippen LogP contribution in [0.5, 0.6) is 0 Å². The van der Waals surface area contributed by atoms with Crippen molar-refractivity contribution in [3.8, 4) is 0 Å². The number of likely N-dealkylation sites (tertiary alicyclic amines) is 2. The van der Waals surface area contributed by atoms with Crippen LogP contribution in [0.2, 0.25) is 0 Å². The quantitative estimate of drug-likeness (QED) is 0.713. The third kappa shape index (κ3) is 4.00. The van der Waals surface area contributed by atoms with Gasteiger partial charge in [0.05, 0.1) is 6.54 Å². The van der Waals surface area contributed by atoms with Crippen LogP contribution >= 0.6 is 0 Å². The monoisotopic (exact) mass is 316 g/mol.